The van der Waals surface area contributed by atoms with Crippen LogP contribution in [0.1, 0.15) is 24.5 Å². The Morgan fingerprint density at radius 2 is 1.83 bits per heavy atom. The first kappa shape index (κ1) is 21.9. The lowest BCUT2D eigenvalue weighted by molar-refractivity contribution is -0.137. The highest BCUT2D eigenvalue weighted by Crippen LogP contribution is 2.32. The SMILES string of the molecule is C[C@@H]1CC(=O)NN=C1c1ccc(Nc2cc(C(F)(F)F)ccc2F)cc1.O=CO. The van der Waals surface area contributed by atoms with Gasteiger partial charge in [-0.05, 0) is 35.9 Å². The molecule has 1 atom stereocenters. The zero-order chi connectivity index (χ0) is 21.6. The van der Waals surface area contributed by atoms with Gasteiger partial charge >= 0.3 is 6.18 Å². The summed E-state index contributed by atoms with van der Waals surface area (Å²) in [4.78, 5) is 19.7. The molecule has 0 aliphatic carbocycles. The minimum Gasteiger partial charge on any atom is -0.483 e. The highest BCUT2D eigenvalue weighted by molar-refractivity contribution is 6.05. The summed E-state index contributed by atoms with van der Waals surface area (Å²) in [6, 6.07) is 8.84. The number of anilines is 2. The van der Waals surface area contributed by atoms with Crippen LogP contribution in [0.5, 0.6) is 0 Å². The monoisotopic (exact) mass is 411 g/mol. The van der Waals surface area contributed by atoms with Crippen molar-refractivity contribution in [3.8, 4) is 0 Å². The van der Waals surface area contributed by atoms with Crippen LogP contribution < -0.4 is 10.7 Å². The molecule has 0 radical (unpaired) electrons. The summed E-state index contributed by atoms with van der Waals surface area (Å²) in [5, 5.41) is 13.6. The molecule has 0 fully saturated rings. The first-order valence-corrected chi connectivity index (χ1v) is 8.34. The molecule has 3 N–H and O–H groups in total. The number of benzene rings is 2. The van der Waals surface area contributed by atoms with E-state index >= 15 is 0 Å². The fourth-order valence-corrected chi connectivity index (χ4v) is 2.68. The van der Waals surface area contributed by atoms with Gasteiger partial charge in [-0.1, -0.05) is 19.1 Å². The molecule has 0 bridgehead atoms. The number of halogens is 4. The van der Waals surface area contributed by atoms with E-state index in [9.17, 15) is 22.4 Å². The standard InChI is InChI=1S/C18H15F4N3O.CH2O2/c1-10-8-16(26)24-25-17(10)11-2-5-13(6-3-11)23-15-9-12(18(20,21)22)4-7-14(15)19;2-1-3/h2-7,9-10,23H,8H2,1H3,(H,24,26);1H,(H,2,3)/t10-;/m1./s1. The van der Waals surface area contributed by atoms with E-state index < -0.39 is 17.6 Å². The van der Waals surface area contributed by atoms with Crippen molar-refractivity contribution in [3.63, 3.8) is 0 Å². The molecule has 1 aliphatic rings. The third kappa shape index (κ3) is 5.77. The van der Waals surface area contributed by atoms with E-state index in [1.54, 1.807) is 24.3 Å². The quantitative estimate of drug-likeness (QED) is 0.523. The minimum absolute atomic E-state index is 0.0523. The Hall–Kier alpha value is -3.43. The molecule has 0 aromatic heterocycles. The number of carbonyl (C=O) groups excluding carboxylic acids is 1. The van der Waals surface area contributed by atoms with E-state index in [0.29, 0.717) is 23.9 Å². The van der Waals surface area contributed by atoms with Crippen LogP contribution in [0.25, 0.3) is 0 Å². The van der Waals surface area contributed by atoms with Crippen molar-refractivity contribution in [3.05, 3.63) is 59.4 Å². The summed E-state index contributed by atoms with van der Waals surface area (Å²) >= 11 is 0. The lowest BCUT2D eigenvalue weighted by Gasteiger charge is -2.19. The fraction of sp³-hybridized carbons (Fsp3) is 0.211. The number of carbonyl (C=O) groups is 2. The van der Waals surface area contributed by atoms with Gasteiger partial charge in [-0.3, -0.25) is 9.59 Å². The van der Waals surface area contributed by atoms with Gasteiger partial charge in [0.05, 0.1) is 17.0 Å². The molecular formula is C19H17F4N3O3. The molecule has 6 nitrogen and oxygen atoms in total. The normalized spacial score (nSPS) is 16.1. The molecule has 2 aromatic rings. The largest absolute Gasteiger partial charge is 0.483 e. The number of rotatable bonds is 3. The van der Waals surface area contributed by atoms with E-state index in [1.165, 1.54) is 0 Å². The molecule has 1 amide bonds. The number of hydrogen-bond acceptors (Lipinski definition) is 4. The maximum atomic E-state index is 13.8. The number of nitrogens with one attached hydrogen (secondary N) is 2. The number of alkyl halides is 3. The second-order valence-corrected chi connectivity index (χ2v) is 6.14. The van der Waals surface area contributed by atoms with Crippen molar-refractivity contribution in [2.45, 2.75) is 19.5 Å². The Labute approximate surface area is 163 Å². The predicted molar refractivity (Wildman–Crippen MR) is 98.3 cm³/mol. The maximum Gasteiger partial charge on any atom is 0.416 e. The lowest BCUT2D eigenvalue weighted by atomic mass is 9.94. The highest BCUT2D eigenvalue weighted by Gasteiger charge is 2.31. The van der Waals surface area contributed by atoms with E-state index in [2.05, 4.69) is 15.8 Å². The number of amides is 1. The van der Waals surface area contributed by atoms with Gasteiger partial charge in [-0.25, -0.2) is 9.82 Å². The molecule has 0 saturated carbocycles. The van der Waals surface area contributed by atoms with Crippen LogP contribution in [0.4, 0.5) is 28.9 Å². The third-order valence-corrected chi connectivity index (χ3v) is 4.01. The van der Waals surface area contributed by atoms with Crippen LogP contribution in [-0.2, 0) is 15.8 Å². The number of carboxylic acid groups (broad SMARTS) is 1. The molecule has 1 heterocycles. The average Bonchev–Trinajstić information content (AvgIpc) is 2.64. The Balaban J connectivity index is 0.000000941. The summed E-state index contributed by atoms with van der Waals surface area (Å²) in [6.07, 6.45) is -4.22. The van der Waals surface area contributed by atoms with Crippen molar-refractivity contribution in [2.24, 2.45) is 11.0 Å². The van der Waals surface area contributed by atoms with Gasteiger partial charge in [0.15, 0.2) is 0 Å². The van der Waals surface area contributed by atoms with E-state index in [0.717, 1.165) is 17.7 Å². The Kier molecular flexibility index (Phi) is 6.92. The molecule has 0 spiro atoms. The Bertz CT molecular complexity index is 912. The van der Waals surface area contributed by atoms with Crippen LogP contribution in [0.3, 0.4) is 0 Å². The first-order chi connectivity index (χ1) is 13.7. The second-order valence-electron chi connectivity index (χ2n) is 6.14. The summed E-state index contributed by atoms with van der Waals surface area (Å²) in [7, 11) is 0. The van der Waals surface area contributed by atoms with Gasteiger partial charge in [-0.2, -0.15) is 18.3 Å². The summed E-state index contributed by atoms with van der Waals surface area (Å²) in [5.74, 6) is -0.988. The van der Waals surface area contributed by atoms with Gasteiger partial charge in [0, 0.05) is 18.0 Å². The zero-order valence-corrected chi connectivity index (χ0v) is 15.1. The maximum absolute atomic E-state index is 13.8. The molecule has 0 saturated heterocycles. The predicted octanol–water partition coefficient (Wildman–Crippen LogP) is 4.15. The zero-order valence-electron chi connectivity index (χ0n) is 15.1. The molecule has 10 heteroatoms. The Morgan fingerprint density at radius 1 is 1.21 bits per heavy atom. The Morgan fingerprint density at radius 3 is 2.38 bits per heavy atom. The molecule has 3 rings (SSSR count). The smallest absolute Gasteiger partial charge is 0.416 e. The minimum atomic E-state index is -4.55. The van der Waals surface area contributed by atoms with E-state index in [-0.39, 0.29) is 24.0 Å². The third-order valence-electron chi connectivity index (χ3n) is 4.01. The average molecular weight is 411 g/mol. The van der Waals surface area contributed by atoms with Crippen molar-refractivity contribution in [2.75, 3.05) is 5.32 Å². The van der Waals surface area contributed by atoms with Crippen molar-refractivity contribution in [1.82, 2.24) is 5.43 Å². The molecule has 154 valence electrons. The molecule has 2 aromatic carbocycles. The van der Waals surface area contributed by atoms with Crippen molar-refractivity contribution >= 4 is 29.5 Å². The van der Waals surface area contributed by atoms with Crippen LogP contribution in [-0.4, -0.2) is 23.2 Å². The highest BCUT2D eigenvalue weighted by atomic mass is 19.4. The molecule has 1 aliphatic heterocycles. The lowest BCUT2D eigenvalue weighted by Crippen LogP contribution is -2.31. The fourth-order valence-electron chi connectivity index (χ4n) is 2.68. The second kappa shape index (κ2) is 9.18. The van der Waals surface area contributed by atoms with Crippen LogP contribution in [0.15, 0.2) is 47.6 Å². The van der Waals surface area contributed by atoms with Crippen LogP contribution >= 0.6 is 0 Å². The van der Waals surface area contributed by atoms with E-state index in [1.807, 2.05) is 6.92 Å². The van der Waals surface area contributed by atoms with Gasteiger partial charge in [-0.15, -0.1) is 0 Å². The van der Waals surface area contributed by atoms with Gasteiger partial charge in [0.1, 0.15) is 5.82 Å². The van der Waals surface area contributed by atoms with Gasteiger partial charge in [0.2, 0.25) is 5.91 Å². The molecular weight excluding hydrogens is 394 g/mol. The summed E-state index contributed by atoms with van der Waals surface area (Å²) in [5.41, 5.74) is 3.14. The van der Waals surface area contributed by atoms with Gasteiger partial charge in [0.25, 0.3) is 6.47 Å². The summed E-state index contributed by atoms with van der Waals surface area (Å²) < 4.78 is 52.1. The van der Waals surface area contributed by atoms with Crippen molar-refractivity contribution in [1.29, 1.82) is 0 Å². The first-order valence-electron chi connectivity index (χ1n) is 8.34. The van der Waals surface area contributed by atoms with Gasteiger partial charge < -0.3 is 10.4 Å². The number of hydrogen-bond donors (Lipinski definition) is 3. The van der Waals surface area contributed by atoms with E-state index in [4.69, 9.17) is 9.90 Å². The molecule has 29 heavy (non-hydrogen) atoms. The van der Waals surface area contributed by atoms with Crippen molar-refractivity contribution < 1.29 is 32.3 Å². The summed E-state index contributed by atoms with van der Waals surface area (Å²) in [6.45, 7) is 1.63. The number of hydrazone groups is 1. The topological polar surface area (TPSA) is 90.8 Å². The van der Waals surface area contributed by atoms with Crippen LogP contribution in [0.2, 0.25) is 0 Å². The number of nitrogens with zero attached hydrogens (tertiary/aromatic N) is 1. The van der Waals surface area contributed by atoms with Crippen LogP contribution in [0, 0.1) is 11.7 Å². The molecule has 0 unspecified atom stereocenters.